The van der Waals surface area contributed by atoms with E-state index in [4.69, 9.17) is 9.47 Å². The van der Waals surface area contributed by atoms with E-state index in [0.717, 1.165) is 25.7 Å². The summed E-state index contributed by atoms with van der Waals surface area (Å²) >= 11 is 0. The van der Waals surface area contributed by atoms with Gasteiger partial charge in [0.05, 0.1) is 12.7 Å². The molecule has 3 heteroatoms. The van der Waals surface area contributed by atoms with E-state index >= 15 is 0 Å². The van der Waals surface area contributed by atoms with E-state index in [-0.39, 0.29) is 11.6 Å². The van der Waals surface area contributed by atoms with Crippen LogP contribution in [0.5, 0.6) is 0 Å². The topological polar surface area (TPSA) is 35.5 Å². The highest BCUT2D eigenvalue weighted by molar-refractivity contribution is 5.81. The molecule has 1 aromatic carbocycles. The van der Waals surface area contributed by atoms with Crippen molar-refractivity contribution < 1.29 is 14.3 Å². The number of benzene rings is 1. The summed E-state index contributed by atoms with van der Waals surface area (Å²) in [5, 5.41) is 0. The SMILES string of the molecule is COC(=O)C12CCC3(O1)c1ccccc1CC3C2. The maximum absolute atomic E-state index is 12.0. The van der Waals surface area contributed by atoms with Crippen LogP contribution in [0.15, 0.2) is 24.3 Å². The third-order valence-electron chi connectivity index (χ3n) is 5.01. The zero-order valence-corrected chi connectivity index (χ0v) is 10.4. The molecule has 3 aliphatic rings. The molecule has 94 valence electrons. The Hall–Kier alpha value is -1.35. The number of esters is 1. The van der Waals surface area contributed by atoms with Crippen molar-refractivity contribution in [3.05, 3.63) is 35.4 Å². The molecule has 1 spiro atoms. The summed E-state index contributed by atoms with van der Waals surface area (Å²) in [5.74, 6) is 0.258. The van der Waals surface area contributed by atoms with E-state index in [1.807, 2.05) is 0 Å². The van der Waals surface area contributed by atoms with E-state index in [2.05, 4.69) is 24.3 Å². The first-order valence-corrected chi connectivity index (χ1v) is 6.57. The number of hydrogen-bond donors (Lipinski definition) is 0. The van der Waals surface area contributed by atoms with E-state index in [1.165, 1.54) is 18.2 Å². The zero-order chi connectivity index (χ0) is 12.4. The molecule has 4 rings (SSSR count). The van der Waals surface area contributed by atoms with Gasteiger partial charge >= 0.3 is 5.97 Å². The second-order valence-corrected chi connectivity index (χ2v) is 5.74. The summed E-state index contributed by atoms with van der Waals surface area (Å²) in [4.78, 5) is 12.0. The van der Waals surface area contributed by atoms with Crippen molar-refractivity contribution in [2.45, 2.75) is 36.9 Å². The molecule has 2 heterocycles. The van der Waals surface area contributed by atoms with Crippen molar-refractivity contribution in [3.8, 4) is 0 Å². The lowest BCUT2D eigenvalue weighted by Gasteiger charge is -2.26. The average Bonchev–Trinajstić information content (AvgIpc) is 3.02. The Morgan fingerprint density at radius 3 is 3.06 bits per heavy atom. The van der Waals surface area contributed by atoms with Crippen LogP contribution >= 0.6 is 0 Å². The molecule has 0 N–H and O–H groups in total. The Bertz CT molecular complexity index is 538. The Kier molecular flexibility index (Phi) is 1.85. The zero-order valence-electron chi connectivity index (χ0n) is 10.4. The van der Waals surface area contributed by atoms with Gasteiger partial charge in [0.2, 0.25) is 0 Å². The van der Waals surface area contributed by atoms with Gasteiger partial charge in [0.1, 0.15) is 0 Å². The summed E-state index contributed by atoms with van der Waals surface area (Å²) in [6.07, 6.45) is 3.59. The first-order valence-electron chi connectivity index (χ1n) is 6.57. The monoisotopic (exact) mass is 244 g/mol. The Morgan fingerprint density at radius 1 is 1.39 bits per heavy atom. The molecule has 3 nitrogen and oxygen atoms in total. The van der Waals surface area contributed by atoms with Crippen molar-refractivity contribution >= 4 is 5.97 Å². The standard InChI is InChI=1S/C15H16O3/c1-17-13(16)14-6-7-15(18-14)11(9-14)8-10-4-2-3-5-12(10)15/h2-5,11H,6-9H2,1H3. The molecule has 2 fully saturated rings. The number of hydrogen-bond acceptors (Lipinski definition) is 3. The van der Waals surface area contributed by atoms with Crippen LogP contribution in [0.1, 0.15) is 30.4 Å². The molecular weight excluding hydrogens is 228 g/mol. The first-order chi connectivity index (χ1) is 8.70. The third kappa shape index (κ3) is 1.02. The molecule has 1 aliphatic carbocycles. The normalized spacial score (nSPS) is 39.5. The highest BCUT2D eigenvalue weighted by Gasteiger charge is 2.67. The van der Waals surface area contributed by atoms with Crippen molar-refractivity contribution in [3.63, 3.8) is 0 Å². The number of carbonyl (C=O) groups excluding carboxylic acids is 1. The predicted molar refractivity (Wildman–Crippen MR) is 65.0 cm³/mol. The third-order valence-corrected chi connectivity index (χ3v) is 5.01. The fraction of sp³-hybridized carbons (Fsp3) is 0.533. The average molecular weight is 244 g/mol. The number of ether oxygens (including phenoxy) is 2. The number of fused-ring (bicyclic) bond motifs is 2. The van der Waals surface area contributed by atoms with Crippen molar-refractivity contribution in [1.82, 2.24) is 0 Å². The lowest BCUT2D eigenvalue weighted by Crippen LogP contribution is -2.37. The van der Waals surface area contributed by atoms with Gasteiger partial charge in [-0.15, -0.1) is 0 Å². The summed E-state index contributed by atoms with van der Waals surface area (Å²) in [7, 11) is 1.45. The molecule has 3 unspecified atom stereocenters. The molecule has 3 atom stereocenters. The molecule has 2 saturated heterocycles. The molecule has 0 saturated carbocycles. The lowest BCUT2D eigenvalue weighted by molar-refractivity contribution is -0.166. The highest BCUT2D eigenvalue weighted by atomic mass is 16.6. The summed E-state index contributed by atoms with van der Waals surface area (Å²) < 4.78 is 11.2. The fourth-order valence-electron chi connectivity index (χ4n) is 4.27. The maximum atomic E-state index is 12.0. The smallest absolute Gasteiger partial charge is 0.338 e. The van der Waals surface area contributed by atoms with Crippen LogP contribution < -0.4 is 0 Å². The minimum Gasteiger partial charge on any atom is -0.467 e. The van der Waals surface area contributed by atoms with Gasteiger partial charge in [0.15, 0.2) is 5.60 Å². The van der Waals surface area contributed by atoms with Crippen LogP contribution in [-0.4, -0.2) is 18.7 Å². The Labute approximate surface area is 106 Å². The van der Waals surface area contributed by atoms with Crippen LogP contribution in [0.25, 0.3) is 0 Å². The number of rotatable bonds is 1. The van der Waals surface area contributed by atoms with Gasteiger partial charge in [0.25, 0.3) is 0 Å². The second kappa shape index (κ2) is 3.15. The van der Waals surface area contributed by atoms with Gasteiger partial charge in [-0.05, 0) is 42.7 Å². The molecule has 0 aromatic heterocycles. The van der Waals surface area contributed by atoms with Gasteiger partial charge < -0.3 is 9.47 Å². The summed E-state index contributed by atoms with van der Waals surface area (Å²) in [6, 6.07) is 8.49. The molecule has 18 heavy (non-hydrogen) atoms. The summed E-state index contributed by atoms with van der Waals surface area (Å²) in [5.41, 5.74) is 1.83. The van der Waals surface area contributed by atoms with Crippen LogP contribution in [0.2, 0.25) is 0 Å². The van der Waals surface area contributed by atoms with Crippen LogP contribution in [-0.2, 0) is 26.3 Å². The predicted octanol–water partition coefficient (Wildman–Crippen LogP) is 2.18. The van der Waals surface area contributed by atoms with Gasteiger partial charge in [-0.2, -0.15) is 0 Å². The number of carbonyl (C=O) groups is 1. The second-order valence-electron chi connectivity index (χ2n) is 5.74. The molecular formula is C15H16O3. The molecule has 2 bridgehead atoms. The van der Waals surface area contributed by atoms with E-state index in [9.17, 15) is 4.79 Å². The number of methoxy groups -OCH3 is 1. The molecule has 2 aliphatic heterocycles. The van der Waals surface area contributed by atoms with Gasteiger partial charge in [0, 0.05) is 0 Å². The van der Waals surface area contributed by atoms with Crippen molar-refractivity contribution in [1.29, 1.82) is 0 Å². The van der Waals surface area contributed by atoms with Crippen LogP contribution in [0.4, 0.5) is 0 Å². The lowest BCUT2D eigenvalue weighted by atomic mass is 9.74. The first kappa shape index (κ1) is 10.6. The van der Waals surface area contributed by atoms with Gasteiger partial charge in [-0.3, -0.25) is 0 Å². The Morgan fingerprint density at radius 2 is 2.22 bits per heavy atom. The van der Waals surface area contributed by atoms with Gasteiger partial charge in [-0.25, -0.2) is 4.79 Å². The van der Waals surface area contributed by atoms with Crippen LogP contribution in [0.3, 0.4) is 0 Å². The highest BCUT2D eigenvalue weighted by Crippen LogP contribution is 2.64. The van der Waals surface area contributed by atoms with Crippen molar-refractivity contribution in [2.24, 2.45) is 5.92 Å². The van der Waals surface area contributed by atoms with Crippen LogP contribution in [0, 0.1) is 5.92 Å². The minimum atomic E-state index is -0.660. The minimum absolute atomic E-state index is 0.189. The molecule has 1 aromatic rings. The Balaban J connectivity index is 1.81. The van der Waals surface area contributed by atoms with Crippen molar-refractivity contribution in [2.75, 3.05) is 7.11 Å². The molecule has 0 radical (unpaired) electrons. The van der Waals surface area contributed by atoms with Gasteiger partial charge in [-0.1, -0.05) is 24.3 Å². The van der Waals surface area contributed by atoms with E-state index in [0.29, 0.717) is 5.92 Å². The molecule has 0 amide bonds. The fourth-order valence-corrected chi connectivity index (χ4v) is 4.27. The largest absolute Gasteiger partial charge is 0.467 e. The maximum Gasteiger partial charge on any atom is 0.338 e. The summed E-state index contributed by atoms with van der Waals surface area (Å²) in [6.45, 7) is 0. The van der Waals surface area contributed by atoms with E-state index in [1.54, 1.807) is 0 Å². The quantitative estimate of drug-likeness (QED) is 0.710. The van der Waals surface area contributed by atoms with E-state index < -0.39 is 5.60 Å².